The summed E-state index contributed by atoms with van der Waals surface area (Å²) in [5.41, 5.74) is 2.94. The SMILES string of the molecule is CC(C)CN1C(=O)C(c2ccc(Cl)cc2)=C(N2CCN(c3ccccc3)CC2)C1=O. The Kier molecular flexibility index (Phi) is 5.82. The Bertz CT molecular complexity index is 962. The van der Waals surface area contributed by atoms with Crippen LogP contribution in [0.4, 0.5) is 5.69 Å². The zero-order valence-electron chi connectivity index (χ0n) is 17.3. The molecular formula is C24H26ClN3O2. The highest BCUT2D eigenvalue weighted by atomic mass is 35.5. The number of anilines is 1. The van der Waals surface area contributed by atoms with Crippen LogP contribution in [-0.2, 0) is 9.59 Å². The molecule has 2 aliphatic rings. The average molecular weight is 424 g/mol. The van der Waals surface area contributed by atoms with Gasteiger partial charge in [0.05, 0.1) is 5.57 Å². The molecule has 0 spiro atoms. The van der Waals surface area contributed by atoms with Crippen LogP contribution in [0.25, 0.3) is 5.57 Å². The molecule has 2 aromatic rings. The molecule has 0 aromatic heterocycles. The first-order valence-corrected chi connectivity index (χ1v) is 10.7. The first-order valence-electron chi connectivity index (χ1n) is 10.4. The maximum atomic E-state index is 13.3. The molecule has 0 saturated carbocycles. The molecule has 0 atom stereocenters. The second kappa shape index (κ2) is 8.52. The van der Waals surface area contributed by atoms with Gasteiger partial charge in [-0.2, -0.15) is 0 Å². The summed E-state index contributed by atoms with van der Waals surface area (Å²) in [6.45, 7) is 7.42. The largest absolute Gasteiger partial charge is 0.368 e. The van der Waals surface area contributed by atoms with Crippen LogP contribution >= 0.6 is 11.6 Å². The molecule has 0 bridgehead atoms. The van der Waals surface area contributed by atoms with Crippen molar-refractivity contribution in [1.82, 2.24) is 9.80 Å². The Morgan fingerprint density at radius 2 is 1.43 bits per heavy atom. The summed E-state index contributed by atoms with van der Waals surface area (Å²) in [5, 5.41) is 0.605. The molecule has 0 aliphatic carbocycles. The number of imide groups is 1. The van der Waals surface area contributed by atoms with E-state index in [0.29, 0.717) is 35.9 Å². The molecule has 4 rings (SSSR count). The summed E-state index contributed by atoms with van der Waals surface area (Å²) in [5.74, 6) is -0.193. The summed E-state index contributed by atoms with van der Waals surface area (Å²) in [7, 11) is 0. The van der Waals surface area contributed by atoms with Gasteiger partial charge < -0.3 is 9.80 Å². The molecule has 0 unspecified atom stereocenters. The van der Waals surface area contributed by atoms with E-state index in [0.717, 1.165) is 18.7 Å². The predicted octanol–water partition coefficient (Wildman–Crippen LogP) is 3.90. The molecule has 0 radical (unpaired) electrons. The molecular weight excluding hydrogens is 398 g/mol. The van der Waals surface area contributed by atoms with Crippen LogP contribution in [0.1, 0.15) is 19.4 Å². The molecule has 2 heterocycles. The fourth-order valence-corrected chi connectivity index (χ4v) is 4.22. The number of benzene rings is 2. The number of carbonyl (C=O) groups excluding carboxylic acids is 2. The van der Waals surface area contributed by atoms with E-state index < -0.39 is 0 Å². The first kappa shape index (κ1) is 20.5. The molecule has 6 heteroatoms. The van der Waals surface area contributed by atoms with Gasteiger partial charge in [0, 0.05) is 43.4 Å². The summed E-state index contributed by atoms with van der Waals surface area (Å²) < 4.78 is 0. The van der Waals surface area contributed by atoms with Crippen LogP contribution in [0.3, 0.4) is 0 Å². The third-order valence-corrected chi connectivity index (χ3v) is 5.79. The van der Waals surface area contributed by atoms with Gasteiger partial charge in [-0.05, 0) is 35.7 Å². The molecule has 0 N–H and O–H groups in total. The number of amides is 2. The van der Waals surface area contributed by atoms with E-state index in [1.165, 1.54) is 10.6 Å². The Balaban J connectivity index is 1.64. The van der Waals surface area contributed by atoms with Gasteiger partial charge in [-0.25, -0.2) is 0 Å². The highest BCUT2D eigenvalue weighted by molar-refractivity contribution is 6.36. The van der Waals surface area contributed by atoms with Crippen molar-refractivity contribution >= 4 is 34.7 Å². The highest BCUT2D eigenvalue weighted by Crippen LogP contribution is 2.33. The topological polar surface area (TPSA) is 43.9 Å². The monoisotopic (exact) mass is 423 g/mol. The zero-order chi connectivity index (χ0) is 21.3. The summed E-state index contributed by atoms with van der Waals surface area (Å²) >= 11 is 6.05. The number of nitrogens with zero attached hydrogens (tertiary/aromatic N) is 3. The molecule has 2 amide bonds. The van der Waals surface area contributed by atoms with Gasteiger partial charge in [-0.3, -0.25) is 14.5 Å². The molecule has 5 nitrogen and oxygen atoms in total. The van der Waals surface area contributed by atoms with Crippen LogP contribution in [0, 0.1) is 5.92 Å². The number of carbonyl (C=O) groups is 2. The van der Waals surface area contributed by atoms with E-state index in [2.05, 4.69) is 21.9 Å². The van der Waals surface area contributed by atoms with Crippen molar-refractivity contribution in [2.45, 2.75) is 13.8 Å². The minimum absolute atomic E-state index is 0.188. The highest BCUT2D eigenvalue weighted by Gasteiger charge is 2.42. The fourth-order valence-electron chi connectivity index (χ4n) is 4.09. The van der Waals surface area contributed by atoms with Crippen molar-refractivity contribution in [1.29, 1.82) is 0 Å². The Labute approximate surface area is 182 Å². The molecule has 2 aliphatic heterocycles. The van der Waals surface area contributed by atoms with E-state index in [1.807, 2.05) is 44.2 Å². The van der Waals surface area contributed by atoms with E-state index in [9.17, 15) is 9.59 Å². The smallest absolute Gasteiger partial charge is 0.277 e. The summed E-state index contributed by atoms with van der Waals surface area (Å²) in [6.07, 6.45) is 0. The maximum absolute atomic E-state index is 13.3. The van der Waals surface area contributed by atoms with E-state index in [4.69, 9.17) is 11.6 Å². The number of rotatable bonds is 5. The number of piperazine rings is 1. The minimum Gasteiger partial charge on any atom is -0.368 e. The van der Waals surface area contributed by atoms with Crippen molar-refractivity contribution in [3.8, 4) is 0 Å². The quantitative estimate of drug-likeness (QED) is 0.684. The molecule has 1 saturated heterocycles. The van der Waals surface area contributed by atoms with E-state index in [1.54, 1.807) is 12.1 Å². The molecule has 30 heavy (non-hydrogen) atoms. The molecule has 156 valence electrons. The van der Waals surface area contributed by atoms with Crippen LogP contribution in [-0.4, -0.2) is 54.3 Å². The first-order chi connectivity index (χ1) is 14.5. The number of halogens is 1. The lowest BCUT2D eigenvalue weighted by Crippen LogP contribution is -2.47. The van der Waals surface area contributed by atoms with E-state index >= 15 is 0 Å². The third kappa shape index (κ3) is 3.94. The van der Waals surface area contributed by atoms with Gasteiger partial charge >= 0.3 is 0 Å². The predicted molar refractivity (Wildman–Crippen MR) is 120 cm³/mol. The number of para-hydroxylation sites is 1. The number of hydrogen-bond donors (Lipinski definition) is 0. The van der Waals surface area contributed by atoms with Crippen molar-refractivity contribution in [2.24, 2.45) is 5.92 Å². The lowest BCUT2D eigenvalue weighted by molar-refractivity contribution is -0.138. The summed E-state index contributed by atoms with van der Waals surface area (Å²) in [6, 6.07) is 17.4. The van der Waals surface area contributed by atoms with Gasteiger partial charge in [0.15, 0.2) is 0 Å². The van der Waals surface area contributed by atoms with Gasteiger partial charge in [0.2, 0.25) is 0 Å². The van der Waals surface area contributed by atoms with Gasteiger partial charge in [-0.15, -0.1) is 0 Å². The zero-order valence-corrected chi connectivity index (χ0v) is 18.1. The molecule has 2 aromatic carbocycles. The van der Waals surface area contributed by atoms with Crippen LogP contribution in [0.5, 0.6) is 0 Å². The van der Waals surface area contributed by atoms with Crippen LogP contribution in [0.2, 0.25) is 5.02 Å². The second-order valence-electron chi connectivity index (χ2n) is 8.15. The number of hydrogen-bond acceptors (Lipinski definition) is 4. The van der Waals surface area contributed by atoms with E-state index in [-0.39, 0.29) is 17.7 Å². The van der Waals surface area contributed by atoms with Gasteiger partial charge in [0.25, 0.3) is 11.8 Å². The summed E-state index contributed by atoms with van der Waals surface area (Å²) in [4.78, 5) is 32.4. The third-order valence-electron chi connectivity index (χ3n) is 5.54. The minimum atomic E-state index is -0.212. The Morgan fingerprint density at radius 3 is 2.03 bits per heavy atom. The van der Waals surface area contributed by atoms with Crippen molar-refractivity contribution in [2.75, 3.05) is 37.6 Å². The fraction of sp³-hybridized carbons (Fsp3) is 0.333. The standard InChI is InChI=1S/C24H26ClN3O2/c1-17(2)16-28-23(29)21(18-8-10-19(25)11-9-18)22(24(28)30)27-14-12-26(13-15-27)20-6-4-3-5-7-20/h3-11,17H,12-16H2,1-2H3. The van der Waals surface area contributed by atoms with Gasteiger partial charge in [0.1, 0.15) is 5.70 Å². The lowest BCUT2D eigenvalue weighted by atomic mass is 10.0. The Morgan fingerprint density at radius 1 is 0.833 bits per heavy atom. The normalized spacial score (nSPS) is 17.5. The maximum Gasteiger partial charge on any atom is 0.277 e. The molecule has 1 fully saturated rings. The van der Waals surface area contributed by atoms with Crippen LogP contribution < -0.4 is 4.90 Å². The van der Waals surface area contributed by atoms with Crippen molar-refractivity contribution < 1.29 is 9.59 Å². The Hall–Kier alpha value is -2.79. The average Bonchev–Trinajstić information content (AvgIpc) is 2.99. The second-order valence-corrected chi connectivity index (χ2v) is 8.59. The van der Waals surface area contributed by atoms with Gasteiger partial charge in [-0.1, -0.05) is 55.8 Å². The lowest BCUT2D eigenvalue weighted by Gasteiger charge is -2.37. The van der Waals surface area contributed by atoms with Crippen molar-refractivity contribution in [3.63, 3.8) is 0 Å². The van der Waals surface area contributed by atoms with Crippen molar-refractivity contribution in [3.05, 3.63) is 70.9 Å². The van der Waals surface area contributed by atoms with Crippen LogP contribution in [0.15, 0.2) is 60.3 Å².